The molecule has 2 aromatic rings. The number of aliphatic hydroxyl groups is 2. The Morgan fingerprint density at radius 2 is 2.00 bits per heavy atom. The van der Waals surface area contributed by atoms with Crippen LogP contribution in [0.25, 0.3) is 10.9 Å². The predicted octanol–water partition coefficient (Wildman–Crippen LogP) is 1.45. The monoisotopic (exact) mass is 334 g/mol. The zero-order valence-corrected chi connectivity index (χ0v) is 13.9. The minimum absolute atomic E-state index is 0.181. The van der Waals surface area contributed by atoms with Gasteiger partial charge in [0, 0.05) is 29.7 Å². The van der Waals surface area contributed by atoms with E-state index in [0.29, 0.717) is 16.5 Å². The van der Waals surface area contributed by atoms with Gasteiger partial charge >= 0.3 is 6.09 Å². The number of carbonyl (C=O) groups excluding carboxylic acids is 1. The number of fused-ring (bicyclic) bond motifs is 1. The van der Waals surface area contributed by atoms with E-state index in [0.717, 1.165) is 0 Å². The van der Waals surface area contributed by atoms with Gasteiger partial charge in [-0.15, -0.1) is 0 Å². The summed E-state index contributed by atoms with van der Waals surface area (Å²) in [5.74, 6) is 0. The first-order chi connectivity index (χ1) is 11.2. The molecule has 2 atom stereocenters. The van der Waals surface area contributed by atoms with Crippen molar-refractivity contribution < 1.29 is 19.7 Å². The van der Waals surface area contributed by atoms with E-state index in [2.05, 4.69) is 10.3 Å². The number of nitrogens with one attached hydrogen (secondary N) is 2. The molecule has 7 heteroatoms. The SMILES string of the molecule is CC(C)(C)OC(=O)NCC(O)C(O)c1ccc2[nH]ccc(=O)c2c1. The minimum Gasteiger partial charge on any atom is -0.444 e. The molecule has 7 nitrogen and oxygen atoms in total. The van der Waals surface area contributed by atoms with E-state index in [1.807, 2.05) is 0 Å². The van der Waals surface area contributed by atoms with Gasteiger partial charge in [-0.05, 0) is 38.5 Å². The Kier molecular flexibility index (Phi) is 5.26. The molecule has 1 aromatic heterocycles. The zero-order valence-electron chi connectivity index (χ0n) is 13.9. The highest BCUT2D eigenvalue weighted by atomic mass is 16.6. The molecule has 130 valence electrons. The number of ether oxygens (including phenoxy) is 1. The van der Waals surface area contributed by atoms with Crippen LogP contribution in [0.1, 0.15) is 32.4 Å². The summed E-state index contributed by atoms with van der Waals surface area (Å²) in [5, 5.41) is 23.1. The standard InChI is InChI=1S/C17H22N2O5/c1-17(2,3)24-16(23)19-9-14(21)15(22)10-4-5-12-11(8-10)13(20)6-7-18-12/h4-8,14-15,21-22H,9H2,1-3H3,(H,18,20)(H,19,23). The second-order valence-corrected chi connectivity index (χ2v) is 6.54. The summed E-state index contributed by atoms with van der Waals surface area (Å²) in [4.78, 5) is 26.3. The Morgan fingerprint density at radius 1 is 1.29 bits per heavy atom. The molecular formula is C17H22N2O5. The molecule has 0 saturated carbocycles. The third-order valence-electron chi connectivity index (χ3n) is 3.34. The Hall–Kier alpha value is -2.38. The fourth-order valence-corrected chi connectivity index (χ4v) is 2.21. The van der Waals surface area contributed by atoms with Crippen LogP contribution in [0.3, 0.4) is 0 Å². The molecule has 24 heavy (non-hydrogen) atoms. The lowest BCUT2D eigenvalue weighted by molar-refractivity contribution is 0.0130. The van der Waals surface area contributed by atoms with Gasteiger partial charge in [0.15, 0.2) is 5.43 Å². The molecule has 0 aliphatic carbocycles. The van der Waals surface area contributed by atoms with Gasteiger partial charge in [-0.1, -0.05) is 6.07 Å². The van der Waals surface area contributed by atoms with Gasteiger partial charge in [-0.2, -0.15) is 0 Å². The van der Waals surface area contributed by atoms with Crippen LogP contribution < -0.4 is 10.7 Å². The molecule has 0 aliphatic heterocycles. The number of hydrogen-bond donors (Lipinski definition) is 4. The second kappa shape index (κ2) is 7.02. The number of rotatable bonds is 4. The smallest absolute Gasteiger partial charge is 0.407 e. The lowest BCUT2D eigenvalue weighted by Crippen LogP contribution is -2.38. The van der Waals surface area contributed by atoms with Gasteiger partial charge in [0.1, 0.15) is 17.8 Å². The van der Waals surface area contributed by atoms with Crippen molar-refractivity contribution in [1.82, 2.24) is 10.3 Å². The van der Waals surface area contributed by atoms with Crippen molar-refractivity contribution in [2.45, 2.75) is 38.6 Å². The highest BCUT2D eigenvalue weighted by Crippen LogP contribution is 2.20. The number of aromatic nitrogens is 1. The van der Waals surface area contributed by atoms with Crippen LogP contribution in [0.2, 0.25) is 0 Å². The molecule has 2 unspecified atom stereocenters. The van der Waals surface area contributed by atoms with E-state index in [9.17, 15) is 19.8 Å². The average molecular weight is 334 g/mol. The number of pyridine rings is 1. The van der Waals surface area contributed by atoms with Crippen molar-refractivity contribution in [3.05, 3.63) is 46.2 Å². The molecule has 1 aromatic carbocycles. The predicted molar refractivity (Wildman–Crippen MR) is 89.8 cm³/mol. The van der Waals surface area contributed by atoms with Crippen molar-refractivity contribution in [3.63, 3.8) is 0 Å². The van der Waals surface area contributed by atoms with Gasteiger partial charge < -0.3 is 25.3 Å². The molecule has 0 aliphatic rings. The lowest BCUT2D eigenvalue weighted by atomic mass is 10.0. The van der Waals surface area contributed by atoms with Gasteiger partial charge in [0.2, 0.25) is 0 Å². The first kappa shape index (κ1) is 18.0. The number of H-pyrrole nitrogens is 1. The summed E-state index contributed by atoms with van der Waals surface area (Å²) >= 11 is 0. The average Bonchev–Trinajstić information content (AvgIpc) is 2.50. The van der Waals surface area contributed by atoms with Crippen LogP contribution >= 0.6 is 0 Å². The highest BCUT2D eigenvalue weighted by Gasteiger charge is 2.21. The molecule has 0 spiro atoms. The maximum atomic E-state index is 11.8. The van der Waals surface area contributed by atoms with E-state index in [1.54, 1.807) is 39.1 Å². The first-order valence-corrected chi connectivity index (χ1v) is 7.62. The van der Waals surface area contributed by atoms with E-state index in [1.165, 1.54) is 12.1 Å². The number of hydrogen-bond acceptors (Lipinski definition) is 5. The van der Waals surface area contributed by atoms with Gasteiger partial charge in [-0.3, -0.25) is 4.79 Å². The molecule has 1 heterocycles. The molecule has 1 amide bonds. The van der Waals surface area contributed by atoms with Gasteiger partial charge in [-0.25, -0.2) is 4.79 Å². The number of amides is 1. The third-order valence-corrected chi connectivity index (χ3v) is 3.34. The van der Waals surface area contributed by atoms with E-state index in [4.69, 9.17) is 4.74 Å². The van der Waals surface area contributed by atoms with Crippen molar-refractivity contribution in [1.29, 1.82) is 0 Å². The summed E-state index contributed by atoms with van der Waals surface area (Å²) in [6.45, 7) is 5.00. The van der Waals surface area contributed by atoms with Crippen molar-refractivity contribution >= 4 is 17.0 Å². The summed E-state index contributed by atoms with van der Waals surface area (Å²) in [6, 6.07) is 6.18. The third kappa shape index (κ3) is 4.56. The van der Waals surface area contributed by atoms with Gasteiger partial charge in [0.25, 0.3) is 0 Å². The summed E-state index contributed by atoms with van der Waals surface area (Å²) < 4.78 is 5.06. The van der Waals surface area contributed by atoms with Crippen LogP contribution in [0.5, 0.6) is 0 Å². The van der Waals surface area contributed by atoms with E-state index in [-0.39, 0.29) is 12.0 Å². The van der Waals surface area contributed by atoms with Gasteiger partial charge in [0.05, 0.1) is 0 Å². The summed E-state index contributed by atoms with van der Waals surface area (Å²) in [5.41, 5.74) is 0.198. The second-order valence-electron chi connectivity index (χ2n) is 6.54. The first-order valence-electron chi connectivity index (χ1n) is 7.62. The van der Waals surface area contributed by atoms with Crippen LogP contribution in [-0.2, 0) is 4.74 Å². The largest absolute Gasteiger partial charge is 0.444 e. The highest BCUT2D eigenvalue weighted by molar-refractivity contribution is 5.78. The molecular weight excluding hydrogens is 312 g/mol. The maximum Gasteiger partial charge on any atom is 0.407 e. The molecule has 2 rings (SSSR count). The zero-order chi connectivity index (χ0) is 17.9. The summed E-state index contributed by atoms with van der Waals surface area (Å²) in [6.07, 6.45) is -1.62. The quantitative estimate of drug-likeness (QED) is 0.676. The van der Waals surface area contributed by atoms with Crippen LogP contribution in [0.15, 0.2) is 35.3 Å². The van der Waals surface area contributed by atoms with Crippen molar-refractivity contribution in [3.8, 4) is 0 Å². The molecule has 0 radical (unpaired) electrons. The molecule has 4 N–H and O–H groups in total. The fourth-order valence-electron chi connectivity index (χ4n) is 2.21. The van der Waals surface area contributed by atoms with E-state index >= 15 is 0 Å². The van der Waals surface area contributed by atoms with E-state index < -0.39 is 23.9 Å². The van der Waals surface area contributed by atoms with Crippen molar-refractivity contribution in [2.24, 2.45) is 0 Å². The topological polar surface area (TPSA) is 112 Å². The normalized spacial score (nSPS) is 14.2. The number of aromatic amines is 1. The number of alkyl carbamates (subject to hydrolysis) is 1. The number of aliphatic hydroxyl groups excluding tert-OH is 2. The lowest BCUT2D eigenvalue weighted by Gasteiger charge is -2.22. The molecule has 0 saturated heterocycles. The molecule has 0 bridgehead atoms. The maximum absolute atomic E-state index is 11.8. The minimum atomic E-state index is -1.25. The van der Waals surface area contributed by atoms with Crippen LogP contribution in [0.4, 0.5) is 4.79 Å². The molecule has 0 fully saturated rings. The Bertz CT molecular complexity index is 778. The van der Waals surface area contributed by atoms with Crippen molar-refractivity contribution in [2.75, 3.05) is 6.54 Å². The van der Waals surface area contributed by atoms with Crippen LogP contribution in [-0.4, -0.2) is 39.5 Å². The Morgan fingerprint density at radius 3 is 2.67 bits per heavy atom. The Balaban J connectivity index is 2.05. The Labute approximate surface area is 139 Å². The number of benzene rings is 1. The van der Waals surface area contributed by atoms with Crippen LogP contribution in [0, 0.1) is 0 Å². The fraction of sp³-hybridized carbons (Fsp3) is 0.412. The number of carbonyl (C=O) groups is 1. The summed E-state index contributed by atoms with van der Waals surface area (Å²) in [7, 11) is 0.